The molecule has 0 aliphatic heterocycles. The summed E-state index contributed by atoms with van der Waals surface area (Å²) in [6.07, 6.45) is 3.61. The molecule has 78 valence electrons. The van der Waals surface area contributed by atoms with Gasteiger partial charge in [0, 0.05) is 23.9 Å². The average Bonchev–Trinajstić information content (AvgIpc) is 2.27. The summed E-state index contributed by atoms with van der Waals surface area (Å²) in [7, 11) is 0. The van der Waals surface area contributed by atoms with Gasteiger partial charge in [0.05, 0.1) is 0 Å². The SMILES string of the molecule is C=CCOC(=O)C(=C)Cc1ccccn1. The molecule has 0 radical (unpaired) electrons. The Morgan fingerprint density at radius 2 is 2.33 bits per heavy atom. The molecule has 15 heavy (non-hydrogen) atoms. The van der Waals surface area contributed by atoms with E-state index in [0.717, 1.165) is 5.69 Å². The van der Waals surface area contributed by atoms with Crippen LogP contribution in [-0.2, 0) is 16.0 Å². The van der Waals surface area contributed by atoms with Crippen LogP contribution in [0.3, 0.4) is 0 Å². The van der Waals surface area contributed by atoms with E-state index in [0.29, 0.717) is 12.0 Å². The molecular weight excluding hydrogens is 190 g/mol. The molecule has 1 rings (SSSR count). The number of ether oxygens (including phenoxy) is 1. The molecule has 0 aliphatic carbocycles. The highest BCUT2D eigenvalue weighted by Crippen LogP contribution is 2.04. The van der Waals surface area contributed by atoms with Crippen LogP contribution >= 0.6 is 0 Å². The largest absolute Gasteiger partial charge is 0.458 e. The molecule has 3 heteroatoms. The predicted molar refractivity (Wildman–Crippen MR) is 58.2 cm³/mol. The van der Waals surface area contributed by atoms with Gasteiger partial charge in [-0.1, -0.05) is 25.3 Å². The third-order valence-electron chi connectivity index (χ3n) is 1.74. The fourth-order valence-corrected chi connectivity index (χ4v) is 1.03. The van der Waals surface area contributed by atoms with Crippen LogP contribution < -0.4 is 0 Å². The highest BCUT2D eigenvalue weighted by Gasteiger charge is 2.08. The molecule has 0 unspecified atom stereocenters. The van der Waals surface area contributed by atoms with Crippen LogP contribution in [0.25, 0.3) is 0 Å². The topological polar surface area (TPSA) is 39.2 Å². The van der Waals surface area contributed by atoms with E-state index in [2.05, 4.69) is 18.1 Å². The van der Waals surface area contributed by atoms with Gasteiger partial charge in [0.2, 0.25) is 0 Å². The Morgan fingerprint density at radius 3 is 2.93 bits per heavy atom. The molecule has 0 atom stereocenters. The van der Waals surface area contributed by atoms with Crippen molar-refractivity contribution >= 4 is 5.97 Å². The Balaban J connectivity index is 2.49. The Hall–Kier alpha value is -1.90. The standard InChI is InChI=1S/C12H13NO2/c1-3-8-15-12(14)10(2)9-11-6-4-5-7-13-11/h3-7H,1-2,8-9H2. The minimum atomic E-state index is -0.402. The summed E-state index contributed by atoms with van der Waals surface area (Å²) in [5.41, 5.74) is 1.20. The number of hydrogen-bond donors (Lipinski definition) is 0. The normalized spacial score (nSPS) is 9.33. The van der Waals surface area contributed by atoms with Gasteiger partial charge >= 0.3 is 5.97 Å². The third-order valence-corrected chi connectivity index (χ3v) is 1.74. The maximum Gasteiger partial charge on any atom is 0.334 e. The number of esters is 1. The second-order valence-corrected chi connectivity index (χ2v) is 2.99. The summed E-state index contributed by atoms with van der Waals surface area (Å²) in [6.45, 7) is 7.32. The van der Waals surface area contributed by atoms with Crippen LogP contribution in [-0.4, -0.2) is 17.6 Å². The van der Waals surface area contributed by atoms with Crippen LogP contribution in [0, 0.1) is 0 Å². The van der Waals surface area contributed by atoms with E-state index in [1.807, 2.05) is 18.2 Å². The average molecular weight is 203 g/mol. The fourth-order valence-electron chi connectivity index (χ4n) is 1.03. The van der Waals surface area contributed by atoms with Crippen molar-refractivity contribution in [2.24, 2.45) is 0 Å². The highest BCUT2D eigenvalue weighted by atomic mass is 16.5. The molecule has 0 aromatic carbocycles. The van der Waals surface area contributed by atoms with Gasteiger partial charge in [-0.2, -0.15) is 0 Å². The first-order valence-corrected chi connectivity index (χ1v) is 4.59. The first-order chi connectivity index (χ1) is 7.24. The van der Waals surface area contributed by atoms with Crippen molar-refractivity contribution in [3.63, 3.8) is 0 Å². The lowest BCUT2D eigenvalue weighted by atomic mass is 10.1. The summed E-state index contributed by atoms with van der Waals surface area (Å²) in [4.78, 5) is 15.4. The molecule has 0 spiro atoms. The first kappa shape index (κ1) is 11.2. The summed E-state index contributed by atoms with van der Waals surface area (Å²) >= 11 is 0. The third kappa shape index (κ3) is 3.77. The minimum Gasteiger partial charge on any atom is -0.458 e. The number of rotatable bonds is 5. The molecule has 3 nitrogen and oxygen atoms in total. The molecule has 0 saturated carbocycles. The molecule has 0 amide bonds. The zero-order valence-electron chi connectivity index (χ0n) is 8.48. The molecule has 1 heterocycles. The van der Waals surface area contributed by atoms with Gasteiger partial charge in [-0.3, -0.25) is 4.98 Å². The number of carbonyl (C=O) groups excluding carboxylic acids is 1. The van der Waals surface area contributed by atoms with Crippen molar-refractivity contribution in [3.05, 3.63) is 54.9 Å². The number of carbonyl (C=O) groups is 1. The maximum absolute atomic E-state index is 11.3. The zero-order chi connectivity index (χ0) is 11.1. The second-order valence-electron chi connectivity index (χ2n) is 2.99. The zero-order valence-corrected chi connectivity index (χ0v) is 8.48. The van der Waals surface area contributed by atoms with E-state index in [9.17, 15) is 4.79 Å². The van der Waals surface area contributed by atoms with Gasteiger partial charge < -0.3 is 4.74 Å². The Labute approximate surface area is 89.1 Å². The summed E-state index contributed by atoms with van der Waals surface area (Å²) in [5.74, 6) is -0.402. The Morgan fingerprint density at radius 1 is 1.53 bits per heavy atom. The predicted octanol–water partition coefficient (Wildman–Crippen LogP) is 1.91. The molecule has 0 fully saturated rings. The number of hydrogen-bond acceptors (Lipinski definition) is 3. The monoisotopic (exact) mass is 203 g/mol. The lowest BCUT2D eigenvalue weighted by molar-refractivity contribution is -0.137. The van der Waals surface area contributed by atoms with Crippen molar-refractivity contribution in [1.29, 1.82) is 0 Å². The van der Waals surface area contributed by atoms with Gasteiger partial charge in [-0.25, -0.2) is 4.79 Å². The first-order valence-electron chi connectivity index (χ1n) is 4.59. The maximum atomic E-state index is 11.3. The van der Waals surface area contributed by atoms with Crippen molar-refractivity contribution < 1.29 is 9.53 Å². The molecule has 0 aliphatic rings. The lowest BCUT2D eigenvalue weighted by Gasteiger charge is -2.04. The van der Waals surface area contributed by atoms with Crippen molar-refractivity contribution in [2.45, 2.75) is 6.42 Å². The molecule has 0 N–H and O–H groups in total. The van der Waals surface area contributed by atoms with E-state index in [1.165, 1.54) is 6.08 Å². The van der Waals surface area contributed by atoms with Crippen LogP contribution in [0.1, 0.15) is 5.69 Å². The number of nitrogens with zero attached hydrogens (tertiary/aromatic N) is 1. The Bertz CT molecular complexity index is 357. The van der Waals surface area contributed by atoms with Crippen molar-refractivity contribution in [1.82, 2.24) is 4.98 Å². The molecule has 0 saturated heterocycles. The Kier molecular flexibility index (Phi) is 4.29. The van der Waals surface area contributed by atoms with E-state index < -0.39 is 5.97 Å². The lowest BCUT2D eigenvalue weighted by Crippen LogP contribution is -2.09. The number of pyridine rings is 1. The van der Waals surface area contributed by atoms with E-state index in [4.69, 9.17) is 4.74 Å². The van der Waals surface area contributed by atoms with Crippen molar-refractivity contribution in [2.75, 3.05) is 6.61 Å². The summed E-state index contributed by atoms with van der Waals surface area (Å²) < 4.78 is 4.84. The van der Waals surface area contributed by atoms with Crippen LogP contribution in [0.5, 0.6) is 0 Å². The summed E-state index contributed by atoms with van der Waals surface area (Å²) in [5, 5.41) is 0. The van der Waals surface area contributed by atoms with Crippen molar-refractivity contribution in [3.8, 4) is 0 Å². The van der Waals surface area contributed by atoms with Gasteiger partial charge in [0.25, 0.3) is 0 Å². The highest BCUT2D eigenvalue weighted by molar-refractivity contribution is 5.88. The van der Waals surface area contributed by atoms with E-state index in [1.54, 1.807) is 6.20 Å². The smallest absolute Gasteiger partial charge is 0.334 e. The van der Waals surface area contributed by atoms with E-state index in [-0.39, 0.29) is 6.61 Å². The molecule has 1 aromatic heterocycles. The minimum absolute atomic E-state index is 0.208. The van der Waals surface area contributed by atoms with E-state index >= 15 is 0 Å². The molecule has 0 bridgehead atoms. The molecular formula is C12H13NO2. The van der Waals surface area contributed by atoms with Gasteiger partial charge in [0.15, 0.2) is 0 Å². The second kappa shape index (κ2) is 5.75. The van der Waals surface area contributed by atoms with Gasteiger partial charge in [-0.05, 0) is 12.1 Å². The van der Waals surface area contributed by atoms with Gasteiger partial charge in [0.1, 0.15) is 6.61 Å². The fraction of sp³-hybridized carbons (Fsp3) is 0.167. The molecule has 1 aromatic rings. The quantitative estimate of drug-likeness (QED) is 0.417. The van der Waals surface area contributed by atoms with Crippen LogP contribution in [0.2, 0.25) is 0 Å². The van der Waals surface area contributed by atoms with Crippen LogP contribution in [0.4, 0.5) is 0 Å². The summed E-state index contributed by atoms with van der Waals surface area (Å²) in [6, 6.07) is 5.53. The van der Waals surface area contributed by atoms with Crippen LogP contribution in [0.15, 0.2) is 49.2 Å². The number of aromatic nitrogens is 1. The van der Waals surface area contributed by atoms with Gasteiger partial charge in [-0.15, -0.1) is 0 Å².